The number of benzene rings is 1. The molecule has 3 aromatic rings. The molecule has 0 atom stereocenters. The fourth-order valence-electron chi connectivity index (χ4n) is 2.22. The van der Waals surface area contributed by atoms with E-state index in [1.807, 2.05) is 29.8 Å². The standard InChI is InChI=1S/C15H11F3N2/c1-10-8-12(9-20-7-6-19-14(10)20)11-2-4-13(5-3-11)15(16,17)18/h2-9H,1H3. The van der Waals surface area contributed by atoms with Gasteiger partial charge in [-0.2, -0.15) is 13.2 Å². The van der Waals surface area contributed by atoms with E-state index in [1.54, 1.807) is 6.20 Å². The fraction of sp³-hybridized carbons (Fsp3) is 0.133. The van der Waals surface area contributed by atoms with Gasteiger partial charge < -0.3 is 4.40 Å². The van der Waals surface area contributed by atoms with Crippen LogP contribution in [0.2, 0.25) is 0 Å². The molecule has 1 aromatic carbocycles. The van der Waals surface area contributed by atoms with Crippen LogP contribution in [-0.4, -0.2) is 9.38 Å². The van der Waals surface area contributed by atoms with Gasteiger partial charge in [-0.25, -0.2) is 4.98 Å². The number of pyridine rings is 1. The predicted molar refractivity (Wildman–Crippen MR) is 70.4 cm³/mol. The molecular formula is C15H11F3N2. The van der Waals surface area contributed by atoms with Crippen LogP contribution in [0.3, 0.4) is 0 Å². The number of aromatic nitrogens is 2. The van der Waals surface area contributed by atoms with Crippen molar-refractivity contribution in [2.75, 3.05) is 0 Å². The zero-order valence-corrected chi connectivity index (χ0v) is 10.6. The van der Waals surface area contributed by atoms with Crippen LogP contribution >= 0.6 is 0 Å². The Kier molecular flexibility index (Phi) is 2.78. The lowest BCUT2D eigenvalue weighted by Crippen LogP contribution is -2.04. The van der Waals surface area contributed by atoms with E-state index in [2.05, 4.69) is 4.98 Å². The topological polar surface area (TPSA) is 17.3 Å². The molecule has 20 heavy (non-hydrogen) atoms. The highest BCUT2D eigenvalue weighted by atomic mass is 19.4. The second kappa shape index (κ2) is 4.37. The minimum absolute atomic E-state index is 0.637. The second-order valence-corrected chi connectivity index (χ2v) is 4.65. The highest BCUT2D eigenvalue weighted by molar-refractivity contribution is 5.67. The van der Waals surface area contributed by atoms with E-state index in [9.17, 15) is 13.2 Å². The van der Waals surface area contributed by atoms with E-state index in [-0.39, 0.29) is 0 Å². The Morgan fingerprint density at radius 3 is 2.40 bits per heavy atom. The predicted octanol–water partition coefficient (Wildman–Crippen LogP) is 4.33. The van der Waals surface area contributed by atoms with Gasteiger partial charge in [0.25, 0.3) is 0 Å². The molecule has 102 valence electrons. The van der Waals surface area contributed by atoms with Crippen molar-refractivity contribution < 1.29 is 13.2 Å². The maximum Gasteiger partial charge on any atom is 0.416 e. The van der Waals surface area contributed by atoms with Gasteiger partial charge in [0.05, 0.1) is 5.56 Å². The van der Waals surface area contributed by atoms with Crippen LogP contribution in [0.5, 0.6) is 0 Å². The molecule has 0 aliphatic heterocycles. The van der Waals surface area contributed by atoms with E-state index in [0.29, 0.717) is 0 Å². The molecule has 0 saturated heterocycles. The minimum Gasteiger partial charge on any atom is -0.306 e. The summed E-state index contributed by atoms with van der Waals surface area (Å²) in [5.41, 5.74) is 2.80. The van der Waals surface area contributed by atoms with Crippen LogP contribution in [0, 0.1) is 6.92 Å². The number of aryl methyl sites for hydroxylation is 1. The molecule has 0 aliphatic rings. The highest BCUT2D eigenvalue weighted by Crippen LogP contribution is 2.31. The summed E-state index contributed by atoms with van der Waals surface area (Å²) in [6.45, 7) is 1.93. The summed E-state index contributed by atoms with van der Waals surface area (Å²) >= 11 is 0. The quantitative estimate of drug-likeness (QED) is 0.646. The summed E-state index contributed by atoms with van der Waals surface area (Å²) in [5, 5.41) is 0. The number of nitrogens with zero attached hydrogens (tertiary/aromatic N) is 2. The maximum absolute atomic E-state index is 12.5. The second-order valence-electron chi connectivity index (χ2n) is 4.65. The molecule has 2 nitrogen and oxygen atoms in total. The van der Waals surface area contributed by atoms with Crippen LogP contribution < -0.4 is 0 Å². The van der Waals surface area contributed by atoms with E-state index >= 15 is 0 Å². The molecule has 0 amide bonds. The molecule has 3 rings (SSSR count). The summed E-state index contributed by atoms with van der Waals surface area (Å²) < 4.78 is 39.5. The van der Waals surface area contributed by atoms with E-state index in [0.717, 1.165) is 34.5 Å². The Balaban J connectivity index is 2.06. The summed E-state index contributed by atoms with van der Waals surface area (Å²) in [4.78, 5) is 4.21. The third kappa shape index (κ3) is 2.15. The number of halogens is 3. The SMILES string of the molecule is Cc1cc(-c2ccc(C(F)(F)F)cc2)cn2ccnc12. The summed E-state index contributed by atoms with van der Waals surface area (Å²) in [5.74, 6) is 0. The zero-order chi connectivity index (χ0) is 14.3. The largest absolute Gasteiger partial charge is 0.416 e. The van der Waals surface area contributed by atoms with Crippen LogP contribution in [0.4, 0.5) is 13.2 Å². The van der Waals surface area contributed by atoms with Gasteiger partial charge in [0.2, 0.25) is 0 Å². The van der Waals surface area contributed by atoms with E-state index in [4.69, 9.17) is 0 Å². The number of fused-ring (bicyclic) bond motifs is 1. The van der Waals surface area contributed by atoms with E-state index in [1.165, 1.54) is 12.1 Å². The summed E-state index contributed by atoms with van der Waals surface area (Å²) in [7, 11) is 0. The first-order valence-electron chi connectivity index (χ1n) is 6.06. The highest BCUT2D eigenvalue weighted by Gasteiger charge is 2.29. The van der Waals surface area contributed by atoms with Crippen molar-refractivity contribution in [1.29, 1.82) is 0 Å². The Labute approximate surface area is 113 Å². The number of hydrogen-bond acceptors (Lipinski definition) is 1. The average molecular weight is 276 g/mol. The van der Waals surface area contributed by atoms with Crippen LogP contribution in [0.15, 0.2) is 48.9 Å². The van der Waals surface area contributed by atoms with Crippen molar-refractivity contribution in [3.05, 3.63) is 60.0 Å². The molecule has 0 spiro atoms. The van der Waals surface area contributed by atoms with Gasteiger partial charge >= 0.3 is 6.18 Å². The Morgan fingerprint density at radius 1 is 1.05 bits per heavy atom. The molecule has 2 aromatic heterocycles. The number of rotatable bonds is 1. The van der Waals surface area contributed by atoms with Crippen molar-refractivity contribution in [3.8, 4) is 11.1 Å². The van der Waals surface area contributed by atoms with Gasteiger partial charge in [-0.3, -0.25) is 0 Å². The third-order valence-corrected chi connectivity index (χ3v) is 3.22. The Morgan fingerprint density at radius 2 is 1.75 bits per heavy atom. The van der Waals surface area contributed by atoms with Crippen molar-refractivity contribution >= 4 is 5.65 Å². The van der Waals surface area contributed by atoms with Gasteiger partial charge in [0, 0.05) is 18.6 Å². The molecule has 0 radical (unpaired) electrons. The normalized spacial score (nSPS) is 12.0. The molecule has 0 aliphatic carbocycles. The first kappa shape index (κ1) is 12.7. The van der Waals surface area contributed by atoms with Crippen molar-refractivity contribution in [1.82, 2.24) is 9.38 Å². The minimum atomic E-state index is -4.30. The van der Waals surface area contributed by atoms with Crippen molar-refractivity contribution in [2.45, 2.75) is 13.1 Å². The molecule has 0 N–H and O–H groups in total. The third-order valence-electron chi connectivity index (χ3n) is 3.22. The fourth-order valence-corrected chi connectivity index (χ4v) is 2.22. The number of alkyl halides is 3. The molecule has 2 heterocycles. The zero-order valence-electron chi connectivity index (χ0n) is 10.6. The Bertz CT molecular complexity index is 755. The molecule has 0 saturated carbocycles. The van der Waals surface area contributed by atoms with Crippen LogP contribution in [0.1, 0.15) is 11.1 Å². The smallest absolute Gasteiger partial charge is 0.306 e. The van der Waals surface area contributed by atoms with Gasteiger partial charge in [-0.05, 0) is 41.8 Å². The van der Waals surface area contributed by atoms with Gasteiger partial charge in [-0.15, -0.1) is 0 Å². The van der Waals surface area contributed by atoms with Gasteiger partial charge in [0.15, 0.2) is 0 Å². The first-order chi connectivity index (χ1) is 9.45. The molecule has 0 unspecified atom stereocenters. The van der Waals surface area contributed by atoms with Crippen molar-refractivity contribution in [3.63, 3.8) is 0 Å². The maximum atomic E-state index is 12.5. The summed E-state index contributed by atoms with van der Waals surface area (Å²) in [6.07, 6.45) is 1.06. The lowest BCUT2D eigenvalue weighted by Gasteiger charge is -2.09. The molecule has 5 heteroatoms. The molecular weight excluding hydrogens is 265 g/mol. The molecule has 0 bridgehead atoms. The van der Waals surface area contributed by atoms with Crippen molar-refractivity contribution in [2.24, 2.45) is 0 Å². The first-order valence-corrected chi connectivity index (χ1v) is 6.06. The lowest BCUT2D eigenvalue weighted by atomic mass is 10.0. The summed E-state index contributed by atoms with van der Waals surface area (Å²) in [6, 6.07) is 7.09. The molecule has 0 fully saturated rings. The van der Waals surface area contributed by atoms with Crippen LogP contribution in [0.25, 0.3) is 16.8 Å². The van der Waals surface area contributed by atoms with Crippen LogP contribution in [-0.2, 0) is 6.18 Å². The Hall–Kier alpha value is -2.30. The number of imidazole rings is 1. The lowest BCUT2D eigenvalue weighted by molar-refractivity contribution is -0.137. The monoisotopic (exact) mass is 276 g/mol. The average Bonchev–Trinajstić information content (AvgIpc) is 2.86. The number of hydrogen-bond donors (Lipinski definition) is 0. The van der Waals surface area contributed by atoms with Gasteiger partial charge in [0.1, 0.15) is 5.65 Å². The van der Waals surface area contributed by atoms with Gasteiger partial charge in [-0.1, -0.05) is 12.1 Å². The van der Waals surface area contributed by atoms with E-state index < -0.39 is 11.7 Å².